The number of nitrogens with one attached hydrogen (secondary N) is 1. The van der Waals surface area contributed by atoms with Crippen molar-refractivity contribution in [2.45, 2.75) is 6.92 Å². The molecule has 0 atom stereocenters. The zero-order chi connectivity index (χ0) is 14.9. The summed E-state index contributed by atoms with van der Waals surface area (Å²) in [6.07, 6.45) is 0. The van der Waals surface area contributed by atoms with Gasteiger partial charge in [0, 0.05) is 0 Å². The quantitative estimate of drug-likeness (QED) is 0.634. The van der Waals surface area contributed by atoms with Crippen LogP contribution in [0, 0.1) is 24.1 Å². The molecule has 1 aromatic carbocycles. The van der Waals surface area contributed by atoms with Crippen LogP contribution in [0.4, 0.5) is 10.1 Å². The van der Waals surface area contributed by atoms with Crippen molar-refractivity contribution in [3.63, 3.8) is 0 Å². The second kappa shape index (κ2) is 5.09. The van der Waals surface area contributed by atoms with Gasteiger partial charge in [-0.05, 0) is 24.6 Å². The minimum absolute atomic E-state index is 0.0411. The number of Topliss-reactive ketones (excluding diaryl/α,β-unsaturated/α-hetero) is 1. The third kappa shape index (κ3) is 2.23. The number of nitriles is 1. The lowest BCUT2D eigenvalue weighted by molar-refractivity contribution is -0.121. The first-order valence-electron chi connectivity index (χ1n) is 5.75. The summed E-state index contributed by atoms with van der Waals surface area (Å²) in [4.78, 5) is 36.2. The predicted octanol–water partition coefficient (Wildman–Crippen LogP) is 0.303. The van der Waals surface area contributed by atoms with Crippen molar-refractivity contribution < 1.29 is 18.8 Å². The lowest BCUT2D eigenvalue weighted by atomic mass is 10.1. The first kappa shape index (κ1) is 13.7. The molecule has 1 aliphatic rings. The first-order valence-corrected chi connectivity index (χ1v) is 5.75. The number of fused-ring (bicyclic) bond motifs is 1. The molecular weight excluding hydrogens is 265 g/mol. The van der Waals surface area contributed by atoms with Gasteiger partial charge in [0.05, 0.1) is 17.3 Å². The molecule has 6 nitrogen and oxygen atoms in total. The summed E-state index contributed by atoms with van der Waals surface area (Å²) < 4.78 is 13.3. The fraction of sp³-hybridized carbons (Fsp3) is 0.231. The van der Waals surface area contributed by atoms with Gasteiger partial charge in [0.15, 0.2) is 0 Å². The largest absolute Gasteiger partial charge is 0.341 e. The van der Waals surface area contributed by atoms with E-state index >= 15 is 0 Å². The van der Waals surface area contributed by atoms with E-state index in [-0.39, 0.29) is 24.3 Å². The highest BCUT2D eigenvalue weighted by Gasteiger charge is 2.38. The van der Waals surface area contributed by atoms with Crippen molar-refractivity contribution in [1.29, 1.82) is 5.26 Å². The number of ketones is 1. The van der Waals surface area contributed by atoms with E-state index in [4.69, 9.17) is 5.26 Å². The summed E-state index contributed by atoms with van der Waals surface area (Å²) in [7, 11) is 0. The molecule has 1 aliphatic heterocycles. The molecule has 20 heavy (non-hydrogen) atoms. The second-order valence-electron chi connectivity index (χ2n) is 4.27. The van der Waals surface area contributed by atoms with E-state index in [1.165, 1.54) is 6.07 Å². The zero-order valence-electron chi connectivity index (χ0n) is 10.6. The molecule has 1 heterocycles. The Morgan fingerprint density at radius 2 is 2.15 bits per heavy atom. The molecule has 0 bridgehead atoms. The van der Waals surface area contributed by atoms with Crippen LogP contribution in [0.5, 0.6) is 0 Å². The highest BCUT2D eigenvalue weighted by molar-refractivity contribution is 6.52. The van der Waals surface area contributed by atoms with Crippen molar-refractivity contribution in [3.05, 3.63) is 29.1 Å². The van der Waals surface area contributed by atoms with E-state index < -0.39 is 23.4 Å². The zero-order valence-corrected chi connectivity index (χ0v) is 10.6. The summed E-state index contributed by atoms with van der Waals surface area (Å²) >= 11 is 0. The second-order valence-corrected chi connectivity index (χ2v) is 4.27. The summed E-state index contributed by atoms with van der Waals surface area (Å²) in [6.45, 7) is 0.976. The monoisotopic (exact) mass is 275 g/mol. The smallest absolute Gasteiger partial charge is 0.299 e. The van der Waals surface area contributed by atoms with Gasteiger partial charge in [0.1, 0.15) is 18.9 Å². The first-order chi connectivity index (χ1) is 9.45. The van der Waals surface area contributed by atoms with Crippen LogP contribution in [-0.2, 0) is 9.59 Å². The van der Waals surface area contributed by atoms with Gasteiger partial charge in [-0.15, -0.1) is 0 Å². The van der Waals surface area contributed by atoms with Crippen LogP contribution in [0.25, 0.3) is 0 Å². The normalized spacial score (nSPS) is 13.2. The minimum Gasteiger partial charge on any atom is -0.341 e. The fourth-order valence-corrected chi connectivity index (χ4v) is 2.09. The Labute approximate surface area is 113 Å². The number of nitrogens with zero attached hydrogens (tertiary/aromatic N) is 2. The summed E-state index contributed by atoms with van der Waals surface area (Å²) in [5.41, 5.74) is 0.598. The molecule has 1 N–H and O–H groups in total. The molecule has 0 radical (unpaired) electrons. The van der Waals surface area contributed by atoms with Gasteiger partial charge in [-0.2, -0.15) is 5.26 Å². The van der Waals surface area contributed by atoms with Crippen LogP contribution >= 0.6 is 0 Å². The number of anilines is 1. The predicted molar refractivity (Wildman–Crippen MR) is 66.4 cm³/mol. The van der Waals surface area contributed by atoms with Crippen LogP contribution in [0.1, 0.15) is 15.9 Å². The average molecular weight is 275 g/mol. The van der Waals surface area contributed by atoms with Crippen molar-refractivity contribution in [3.8, 4) is 6.07 Å². The molecule has 0 aromatic heterocycles. The van der Waals surface area contributed by atoms with Crippen molar-refractivity contribution in [2.24, 2.45) is 0 Å². The number of hydrogen-bond acceptors (Lipinski definition) is 4. The van der Waals surface area contributed by atoms with Crippen LogP contribution in [-0.4, -0.2) is 30.7 Å². The van der Waals surface area contributed by atoms with Gasteiger partial charge < -0.3 is 5.32 Å². The molecule has 0 spiro atoms. The molecule has 2 amide bonds. The Kier molecular flexibility index (Phi) is 3.48. The number of amides is 2. The number of carbonyl (C=O) groups excluding carboxylic acids is 3. The Hall–Kier alpha value is -2.75. The number of aryl methyl sites for hydroxylation is 1. The van der Waals surface area contributed by atoms with E-state index in [1.807, 2.05) is 0 Å². The molecule has 0 unspecified atom stereocenters. The summed E-state index contributed by atoms with van der Waals surface area (Å²) in [5, 5.41) is 10.6. The van der Waals surface area contributed by atoms with Crippen LogP contribution < -0.4 is 10.2 Å². The minimum atomic E-state index is -0.874. The lowest BCUT2D eigenvalue weighted by Crippen LogP contribution is -2.40. The highest BCUT2D eigenvalue weighted by Crippen LogP contribution is 2.32. The molecular formula is C13H10FN3O3. The Morgan fingerprint density at radius 3 is 2.80 bits per heavy atom. The van der Waals surface area contributed by atoms with Crippen molar-refractivity contribution in [1.82, 2.24) is 5.32 Å². The highest BCUT2D eigenvalue weighted by atomic mass is 19.1. The molecule has 102 valence electrons. The fourth-order valence-electron chi connectivity index (χ4n) is 2.09. The van der Waals surface area contributed by atoms with Crippen LogP contribution in [0.15, 0.2) is 12.1 Å². The number of hydrogen-bond donors (Lipinski definition) is 1. The maximum atomic E-state index is 13.3. The van der Waals surface area contributed by atoms with E-state index in [0.717, 1.165) is 11.0 Å². The maximum absolute atomic E-state index is 13.3. The van der Waals surface area contributed by atoms with Crippen molar-refractivity contribution >= 4 is 23.3 Å². The Bertz CT molecular complexity index is 664. The van der Waals surface area contributed by atoms with E-state index in [9.17, 15) is 18.8 Å². The Morgan fingerprint density at radius 1 is 1.45 bits per heavy atom. The third-order valence-corrected chi connectivity index (χ3v) is 2.89. The van der Waals surface area contributed by atoms with Gasteiger partial charge >= 0.3 is 0 Å². The van der Waals surface area contributed by atoms with Crippen LogP contribution in [0.3, 0.4) is 0 Å². The lowest BCUT2D eigenvalue weighted by Gasteiger charge is -2.17. The molecule has 0 fully saturated rings. The topological polar surface area (TPSA) is 90.3 Å². The van der Waals surface area contributed by atoms with Gasteiger partial charge in [0.25, 0.3) is 11.7 Å². The Balaban J connectivity index is 2.34. The number of carbonyl (C=O) groups is 3. The number of halogens is 1. The van der Waals surface area contributed by atoms with E-state index in [1.54, 1.807) is 13.0 Å². The van der Waals surface area contributed by atoms with Crippen molar-refractivity contribution in [2.75, 3.05) is 18.0 Å². The molecule has 0 aliphatic carbocycles. The van der Waals surface area contributed by atoms with Crippen LogP contribution in [0.2, 0.25) is 0 Å². The SMILES string of the molecule is Cc1cc(F)cc2c1N(CC(=O)NCC#N)C(=O)C2=O. The van der Waals surface area contributed by atoms with Gasteiger partial charge in [-0.3, -0.25) is 19.3 Å². The molecule has 0 saturated carbocycles. The third-order valence-electron chi connectivity index (χ3n) is 2.89. The average Bonchev–Trinajstić information content (AvgIpc) is 2.62. The number of benzene rings is 1. The summed E-state index contributed by atoms with van der Waals surface area (Å²) in [5.74, 6) is -2.89. The van der Waals surface area contributed by atoms with E-state index in [0.29, 0.717) is 5.56 Å². The maximum Gasteiger partial charge on any atom is 0.299 e. The molecule has 0 saturated heterocycles. The van der Waals surface area contributed by atoms with Gasteiger partial charge in [0.2, 0.25) is 5.91 Å². The number of rotatable bonds is 3. The summed E-state index contributed by atoms with van der Waals surface area (Å²) in [6, 6.07) is 3.90. The van der Waals surface area contributed by atoms with E-state index in [2.05, 4.69) is 5.32 Å². The van der Waals surface area contributed by atoms with Gasteiger partial charge in [-0.25, -0.2) is 4.39 Å². The molecule has 2 rings (SSSR count). The standard InChI is InChI=1S/C13H10FN3O3/c1-7-4-8(14)5-9-11(7)17(13(20)12(9)19)6-10(18)16-3-2-15/h4-5H,3,6H2,1H3,(H,16,18). The molecule has 1 aromatic rings. The molecule has 7 heteroatoms. The van der Waals surface area contributed by atoms with Gasteiger partial charge in [-0.1, -0.05) is 0 Å².